The van der Waals surface area contributed by atoms with E-state index in [-0.39, 0.29) is 23.8 Å². The highest BCUT2D eigenvalue weighted by molar-refractivity contribution is 5.90. The summed E-state index contributed by atoms with van der Waals surface area (Å²) >= 11 is 0. The second-order valence-electron chi connectivity index (χ2n) is 3.96. The summed E-state index contributed by atoms with van der Waals surface area (Å²) in [4.78, 5) is 24.6. The van der Waals surface area contributed by atoms with Crippen LogP contribution in [-0.4, -0.2) is 49.4 Å². The fourth-order valence-electron chi connectivity index (χ4n) is 1.72. The first kappa shape index (κ1) is 9.45. The van der Waals surface area contributed by atoms with Gasteiger partial charge in [0, 0.05) is 26.7 Å². The summed E-state index contributed by atoms with van der Waals surface area (Å²) in [5, 5.41) is 5.82. The first-order valence-corrected chi connectivity index (χ1v) is 4.94. The monoisotopic (exact) mass is 197 g/mol. The van der Waals surface area contributed by atoms with Crippen molar-refractivity contribution in [3.8, 4) is 0 Å². The molecule has 0 aliphatic carbocycles. The lowest BCUT2D eigenvalue weighted by molar-refractivity contribution is -0.133. The molecule has 2 amide bonds. The average molecular weight is 197 g/mol. The molecule has 5 heteroatoms. The van der Waals surface area contributed by atoms with Gasteiger partial charge >= 0.3 is 0 Å². The summed E-state index contributed by atoms with van der Waals surface area (Å²) in [6.45, 7) is 2.22. The number of hydrogen-bond acceptors (Lipinski definition) is 3. The van der Waals surface area contributed by atoms with Crippen molar-refractivity contribution in [1.29, 1.82) is 0 Å². The van der Waals surface area contributed by atoms with Crippen molar-refractivity contribution >= 4 is 11.8 Å². The van der Waals surface area contributed by atoms with Crippen molar-refractivity contribution in [3.05, 3.63) is 0 Å². The molecule has 2 fully saturated rings. The van der Waals surface area contributed by atoms with Gasteiger partial charge in [-0.2, -0.15) is 0 Å². The zero-order valence-electron chi connectivity index (χ0n) is 8.25. The third kappa shape index (κ3) is 1.59. The SMILES string of the molecule is CN1CCC(NC(=O)C2CNC2)C1=O. The van der Waals surface area contributed by atoms with Crippen molar-refractivity contribution in [3.63, 3.8) is 0 Å². The average Bonchev–Trinajstić information content (AvgIpc) is 2.33. The molecule has 2 aliphatic heterocycles. The van der Waals surface area contributed by atoms with E-state index >= 15 is 0 Å². The molecule has 1 atom stereocenters. The number of amides is 2. The van der Waals surface area contributed by atoms with Crippen molar-refractivity contribution in [2.45, 2.75) is 12.5 Å². The summed E-state index contributed by atoms with van der Waals surface area (Å²) in [5.41, 5.74) is 0. The van der Waals surface area contributed by atoms with Gasteiger partial charge in [0.2, 0.25) is 11.8 Å². The minimum Gasteiger partial charge on any atom is -0.344 e. The molecule has 78 valence electrons. The van der Waals surface area contributed by atoms with Gasteiger partial charge in [0.05, 0.1) is 5.92 Å². The molecule has 0 spiro atoms. The van der Waals surface area contributed by atoms with Gasteiger partial charge in [0.25, 0.3) is 0 Å². The lowest BCUT2D eigenvalue weighted by Gasteiger charge is -2.26. The van der Waals surface area contributed by atoms with Gasteiger partial charge in [-0.05, 0) is 6.42 Å². The maximum atomic E-state index is 11.5. The number of carbonyl (C=O) groups is 2. The molecular formula is C9H15N3O2. The summed E-state index contributed by atoms with van der Waals surface area (Å²) in [6.07, 6.45) is 0.737. The Hall–Kier alpha value is -1.10. The van der Waals surface area contributed by atoms with Gasteiger partial charge in [-0.25, -0.2) is 0 Å². The Bertz CT molecular complexity index is 263. The molecule has 0 aromatic carbocycles. The van der Waals surface area contributed by atoms with Gasteiger partial charge in [0.1, 0.15) is 6.04 Å². The van der Waals surface area contributed by atoms with Crippen molar-refractivity contribution in [2.24, 2.45) is 5.92 Å². The smallest absolute Gasteiger partial charge is 0.244 e. The van der Waals surface area contributed by atoms with Crippen LogP contribution in [0.3, 0.4) is 0 Å². The van der Waals surface area contributed by atoms with Crippen molar-refractivity contribution < 1.29 is 9.59 Å². The number of likely N-dealkylation sites (N-methyl/N-ethyl adjacent to an activating group) is 1. The minimum atomic E-state index is -0.284. The molecule has 2 heterocycles. The van der Waals surface area contributed by atoms with E-state index in [0.29, 0.717) is 0 Å². The van der Waals surface area contributed by atoms with Crippen LogP contribution in [0, 0.1) is 5.92 Å². The second-order valence-corrected chi connectivity index (χ2v) is 3.96. The summed E-state index contributed by atoms with van der Waals surface area (Å²) < 4.78 is 0. The molecule has 0 saturated carbocycles. The lowest BCUT2D eigenvalue weighted by atomic mass is 10.0. The van der Waals surface area contributed by atoms with Crippen molar-refractivity contribution in [2.75, 3.05) is 26.7 Å². The quantitative estimate of drug-likeness (QED) is 0.569. The van der Waals surface area contributed by atoms with Crippen LogP contribution < -0.4 is 10.6 Å². The minimum absolute atomic E-state index is 0.0115. The zero-order chi connectivity index (χ0) is 10.1. The largest absolute Gasteiger partial charge is 0.344 e. The van der Waals surface area contributed by atoms with E-state index in [1.807, 2.05) is 0 Å². The number of nitrogens with one attached hydrogen (secondary N) is 2. The van der Waals surface area contributed by atoms with Crippen LogP contribution >= 0.6 is 0 Å². The number of likely N-dealkylation sites (tertiary alicyclic amines) is 1. The van der Waals surface area contributed by atoms with E-state index in [2.05, 4.69) is 10.6 Å². The number of nitrogens with zero attached hydrogens (tertiary/aromatic N) is 1. The highest BCUT2D eigenvalue weighted by Crippen LogP contribution is 2.10. The Labute approximate surface area is 82.8 Å². The van der Waals surface area contributed by atoms with E-state index in [4.69, 9.17) is 0 Å². The molecular weight excluding hydrogens is 182 g/mol. The van der Waals surface area contributed by atoms with E-state index < -0.39 is 0 Å². The van der Waals surface area contributed by atoms with Gasteiger partial charge in [-0.1, -0.05) is 0 Å². The second kappa shape index (κ2) is 3.57. The molecule has 2 N–H and O–H groups in total. The maximum Gasteiger partial charge on any atom is 0.244 e. The molecule has 0 bridgehead atoms. The number of hydrogen-bond donors (Lipinski definition) is 2. The summed E-state index contributed by atoms with van der Waals surface area (Å²) in [7, 11) is 1.76. The third-order valence-corrected chi connectivity index (χ3v) is 2.90. The van der Waals surface area contributed by atoms with Crippen LogP contribution in [0.4, 0.5) is 0 Å². The number of rotatable bonds is 2. The summed E-state index contributed by atoms with van der Waals surface area (Å²) in [6, 6.07) is -0.284. The Morgan fingerprint density at radius 1 is 1.57 bits per heavy atom. The highest BCUT2D eigenvalue weighted by Gasteiger charge is 2.33. The van der Waals surface area contributed by atoms with Crippen LogP contribution in [-0.2, 0) is 9.59 Å². The third-order valence-electron chi connectivity index (χ3n) is 2.90. The Balaban J connectivity index is 1.85. The van der Waals surface area contributed by atoms with Crippen LogP contribution in [0.2, 0.25) is 0 Å². The molecule has 5 nitrogen and oxygen atoms in total. The first-order chi connectivity index (χ1) is 6.68. The molecule has 0 radical (unpaired) electrons. The van der Waals surface area contributed by atoms with Gasteiger partial charge in [0.15, 0.2) is 0 Å². The predicted octanol–water partition coefficient (Wildman–Crippen LogP) is -1.45. The molecule has 1 unspecified atom stereocenters. The normalized spacial score (nSPS) is 27.6. The van der Waals surface area contributed by atoms with Gasteiger partial charge < -0.3 is 15.5 Å². The predicted molar refractivity (Wildman–Crippen MR) is 50.5 cm³/mol. The van der Waals surface area contributed by atoms with E-state index in [1.165, 1.54) is 0 Å². The molecule has 0 aromatic heterocycles. The van der Waals surface area contributed by atoms with Crippen LogP contribution in [0.5, 0.6) is 0 Å². The first-order valence-electron chi connectivity index (χ1n) is 4.94. The fraction of sp³-hybridized carbons (Fsp3) is 0.778. The Morgan fingerprint density at radius 3 is 2.71 bits per heavy atom. The van der Waals surface area contributed by atoms with Gasteiger partial charge in [-0.15, -0.1) is 0 Å². The van der Waals surface area contributed by atoms with Crippen LogP contribution in [0.1, 0.15) is 6.42 Å². The lowest BCUT2D eigenvalue weighted by Crippen LogP contribution is -2.53. The van der Waals surface area contributed by atoms with Crippen molar-refractivity contribution in [1.82, 2.24) is 15.5 Å². The van der Waals surface area contributed by atoms with E-state index in [9.17, 15) is 9.59 Å². The fourth-order valence-corrected chi connectivity index (χ4v) is 1.72. The van der Waals surface area contributed by atoms with Crippen LogP contribution in [0.25, 0.3) is 0 Å². The van der Waals surface area contributed by atoms with E-state index in [1.54, 1.807) is 11.9 Å². The maximum absolute atomic E-state index is 11.5. The highest BCUT2D eigenvalue weighted by atomic mass is 16.2. The Kier molecular flexibility index (Phi) is 2.41. The summed E-state index contributed by atoms with van der Waals surface area (Å²) in [5.74, 6) is 0.108. The topological polar surface area (TPSA) is 61.4 Å². The molecule has 2 rings (SSSR count). The molecule has 14 heavy (non-hydrogen) atoms. The van der Waals surface area contributed by atoms with Crippen LogP contribution in [0.15, 0.2) is 0 Å². The molecule has 2 saturated heterocycles. The standard InChI is InChI=1S/C9H15N3O2/c1-12-3-2-7(9(12)14)11-8(13)6-4-10-5-6/h6-7,10H,2-5H2,1H3,(H,11,13). The van der Waals surface area contributed by atoms with E-state index in [0.717, 1.165) is 26.1 Å². The number of carbonyl (C=O) groups excluding carboxylic acids is 2. The molecule has 2 aliphatic rings. The zero-order valence-corrected chi connectivity index (χ0v) is 8.25. The molecule has 0 aromatic rings. The Morgan fingerprint density at radius 2 is 2.29 bits per heavy atom. The van der Waals surface area contributed by atoms with Gasteiger partial charge in [-0.3, -0.25) is 9.59 Å².